The summed E-state index contributed by atoms with van der Waals surface area (Å²) in [5.74, 6) is 0.612. The fraction of sp³-hybridized carbons (Fsp3) is 0.217. The maximum absolute atomic E-state index is 13.4. The number of hydrogen-bond acceptors (Lipinski definition) is 5. The minimum Gasteiger partial charge on any atom is -0.497 e. The summed E-state index contributed by atoms with van der Waals surface area (Å²) in [5, 5.41) is 0. The highest BCUT2D eigenvalue weighted by Gasteiger charge is 2.28. The Kier molecular flexibility index (Phi) is 6.52. The van der Waals surface area contributed by atoms with Crippen LogP contribution >= 0.6 is 0 Å². The minimum absolute atomic E-state index is 0.0338. The Balaban J connectivity index is 2.07. The smallest absolute Gasteiger partial charge is 0.264 e. The van der Waals surface area contributed by atoms with Crippen LogP contribution in [0.25, 0.3) is 0 Å². The van der Waals surface area contributed by atoms with Gasteiger partial charge in [-0.1, -0.05) is 24.3 Å². The number of benzene rings is 3. The summed E-state index contributed by atoms with van der Waals surface area (Å²) < 4.78 is 60.5. The van der Waals surface area contributed by atoms with Crippen LogP contribution in [0.3, 0.4) is 0 Å². The molecular weight excluding hydrogens is 448 g/mol. The van der Waals surface area contributed by atoms with E-state index in [0.717, 1.165) is 4.31 Å². The molecule has 0 aliphatic heterocycles. The third-order valence-corrected chi connectivity index (χ3v) is 9.02. The van der Waals surface area contributed by atoms with Gasteiger partial charge in [0.1, 0.15) is 5.75 Å². The highest BCUT2D eigenvalue weighted by Crippen LogP contribution is 2.33. The Bertz CT molecular complexity index is 1320. The van der Waals surface area contributed by atoms with Crippen molar-refractivity contribution in [2.24, 2.45) is 0 Å². The van der Waals surface area contributed by atoms with Crippen molar-refractivity contribution in [2.75, 3.05) is 29.8 Å². The van der Waals surface area contributed by atoms with Crippen molar-refractivity contribution in [3.8, 4) is 5.75 Å². The number of rotatable bonds is 7. The van der Waals surface area contributed by atoms with Crippen molar-refractivity contribution in [2.45, 2.75) is 23.6 Å². The second kappa shape index (κ2) is 8.84. The normalized spacial score (nSPS) is 11.8. The molecule has 3 aromatic carbocycles. The van der Waals surface area contributed by atoms with Gasteiger partial charge in [0.15, 0.2) is 0 Å². The molecule has 0 unspecified atom stereocenters. The lowest BCUT2D eigenvalue weighted by atomic mass is 10.1. The van der Waals surface area contributed by atoms with E-state index < -0.39 is 20.0 Å². The van der Waals surface area contributed by atoms with E-state index in [4.69, 9.17) is 4.74 Å². The van der Waals surface area contributed by atoms with Crippen LogP contribution in [0, 0.1) is 13.8 Å². The number of ether oxygens (including phenoxy) is 1. The molecule has 0 saturated heterocycles. The maximum atomic E-state index is 13.4. The van der Waals surface area contributed by atoms with Gasteiger partial charge in [0.25, 0.3) is 20.0 Å². The number of methoxy groups -OCH3 is 1. The Hall–Kier alpha value is -3.04. The standard InChI is InChI=1S/C23H26N2O5S2/c1-17-15-18(2)23(32(28,29)24(3)19-11-13-20(30-5)14-12-19)16-22(17)25(4)31(26,27)21-9-7-6-8-10-21/h6-16H,1-5H3. The predicted molar refractivity (Wildman–Crippen MR) is 127 cm³/mol. The lowest BCUT2D eigenvalue weighted by molar-refractivity contribution is 0.415. The number of sulfonamides is 2. The molecule has 0 amide bonds. The van der Waals surface area contributed by atoms with Crippen molar-refractivity contribution in [3.05, 3.63) is 77.9 Å². The van der Waals surface area contributed by atoms with Crippen molar-refractivity contribution >= 4 is 31.4 Å². The van der Waals surface area contributed by atoms with E-state index in [-0.39, 0.29) is 9.79 Å². The van der Waals surface area contributed by atoms with Gasteiger partial charge in [-0.2, -0.15) is 0 Å². The number of aryl methyl sites for hydroxylation is 2. The van der Waals surface area contributed by atoms with Crippen LogP contribution in [-0.2, 0) is 20.0 Å². The molecule has 170 valence electrons. The van der Waals surface area contributed by atoms with Crippen LogP contribution in [0.5, 0.6) is 5.75 Å². The van der Waals surface area contributed by atoms with E-state index in [2.05, 4.69) is 0 Å². The topological polar surface area (TPSA) is 84.0 Å². The second-order valence-corrected chi connectivity index (χ2v) is 11.3. The average Bonchev–Trinajstić information content (AvgIpc) is 2.78. The van der Waals surface area contributed by atoms with E-state index in [0.29, 0.717) is 28.3 Å². The summed E-state index contributed by atoms with van der Waals surface area (Å²) in [6.45, 7) is 3.44. The van der Waals surface area contributed by atoms with Crippen LogP contribution in [-0.4, -0.2) is 38.0 Å². The van der Waals surface area contributed by atoms with Crippen LogP contribution in [0.15, 0.2) is 76.5 Å². The predicted octanol–water partition coefficient (Wildman–Crippen LogP) is 3.96. The molecule has 0 aliphatic rings. The molecule has 3 rings (SSSR count). The molecule has 9 heteroatoms. The van der Waals surface area contributed by atoms with Crippen molar-refractivity contribution in [1.29, 1.82) is 0 Å². The van der Waals surface area contributed by atoms with E-state index >= 15 is 0 Å². The fourth-order valence-corrected chi connectivity index (χ4v) is 6.09. The first-order valence-electron chi connectivity index (χ1n) is 9.78. The lowest BCUT2D eigenvalue weighted by Crippen LogP contribution is -2.29. The maximum Gasteiger partial charge on any atom is 0.264 e. The van der Waals surface area contributed by atoms with Gasteiger partial charge in [0, 0.05) is 14.1 Å². The summed E-state index contributed by atoms with van der Waals surface area (Å²) >= 11 is 0. The van der Waals surface area contributed by atoms with Gasteiger partial charge in [-0.05, 0) is 67.4 Å². The van der Waals surface area contributed by atoms with Gasteiger partial charge in [-0.15, -0.1) is 0 Å². The molecule has 0 atom stereocenters. The Morgan fingerprint density at radius 2 is 1.31 bits per heavy atom. The quantitative estimate of drug-likeness (QED) is 0.518. The van der Waals surface area contributed by atoms with Crippen molar-refractivity contribution in [1.82, 2.24) is 0 Å². The molecule has 0 heterocycles. The number of hydrogen-bond donors (Lipinski definition) is 0. The molecule has 0 fully saturated rings. The van der Waals surface area contributed by atoms with Crippen LogP contribution in [0.4, 0.5) is 11.4 Å². The number of anilines is 2. The third-order valence-electron chi connectivity index (χ3n) is 5.31. The van der Waals surface area contributed by atoms with Gasteiger partial charge in [-0.25, -0.2) is 16.8 Å². The molecule has 7 nitrogen and oxygen atoms in total. The summed E-state index contributed by atoms with van der Waals surface area (Å²) in [6, 6.07) is 17.8. The van der Waals surface area contributed by atoms with Crippen LogP contribution in [0.2, 0.25) is 0 Å². The first kappa shape index (κ1) is 23.6. The van der Waals surface area contributed by atoms with Crippen LogP contribution < -0.4 is 13.3 Å². The van der Waals surface area contributed by atoms with Crippen molar-refractivity contribution < 1.29 is 21.6 Å². The summed E-state index contributed by atoms with van der Waals surface area (Å²) in [5.41, 5.74) is 1.92. The Morgan fingerprint density at radius 3 is 1.88 bits per heavy atom. The van der Waals surface area contributed by atoms with E-state index in [9.17, 15) is 16.8 Å². The first-order chi connectivity index (χ1) is 15.0. The summed E-state index contributed by atoms with van der Waals surface area (Å²) in [7, 11) is -3.40. The number of nitrogens with zero attached hydrogens (tertiary/aromatic N) is 2. The second-order valence-electron chi connectivity index (χ2n) is 7.36. The molecule has 0 aliphatic carbocycles. The average molecular weight is 475 g/mol. The molecule has 0 N–H and O–H groups in total. The Labute approximate surface area is 190 Å². The molecule has 32 heavy (non-hydrogen) atoms. The van der Waals surface area contributed by atoms with E-state index in [1.165, 1.54) is 43.7 Å². The highest BCUT2D eigenvalue weighted by molar-refractivity contribution is 7.93. The van der Waals surface area contributed by atoms with Gasteiger partial charge in [-0.3, -0.25) is 8.61 Å². The van der Waals surface area contributed by atoms with Gasteiger partial charge in [0.05, 0.1) is 28.3 Å². The first-order valence-corrected chi connectivity index (χ1v) is 12.7. The van der Waals surface area contributed by atoms with Crippen LogP contribution in [0.1, 0.15) is 11.1 Å². The summed E-state index contributed by atoms with van der Waals surface area (Å²) in [6.07, 6.45) is 0. The zero-order chi connectivity index (χ0) is 23.7. The molecule has 0 radical (unpaired) electrons. The zero-order valence-electron chi connectivity index (χ0n) is 18.6. The molecular formula is C23H26N2O5S2. The molecule has 0 aromatic heterocycles. The third kappa shape index (κ3) is 4.31. The van der Waals surface area contributed by atoms with Gasteiger partial charge >= 0.3 is 0 Å². The SMILES string of the molecule is COc1ccc(N(C)S(=O)(=O)c2cc(N(C)S(=O)(=O)c3ccccc3)c(C)cc2C)cc1. The minimum atomic E-state index is -3.95. The molecule has 0 bridgehead atoms. The molecule has 3 aromatic rings. The monoisotopic (exact) mass is 474 g/mol. The Morgan fingerprint density at radius 1 is 0.719 bits per heavy atom. The van der Waals surface area contributed by atoms with Gasteiger partial charge in [0.2, 0.25) is 0 Å². The lowest BCUT2D eigenvalue weighted by Gasteiger charge is -2.25. The van der Waals surface area contributed by atoms with Crippen molar-refractivity contribution in [3.63, 3.8) is 0 Å². The van der Waals surface area contributed by atoms with E-state index in [1.54, 1.807) is 62.4 Å². The highest BCUT2D eigenvalue weighted by atomic mass is 32.2. The largest absolute Gasteiger partial charge is 0.497 e. The fourth-order valence-electron chi connectivity index (χ4n) is 3.40. The zero-order valence-corrected chi connectivity index (χ0v) is 20.2. The summed E-state index contributed by atoms with van der Waals surface area (Å²) in [4.78, 5) is 0.161. The van der Waals surface area contributed by atoms with Gasteiger partial charge < -0.3 is 4.74 Å². The molecule has 0 spiro atoms. The van der Waals surface area contributed by atoms with E-state index in [1.807, 2.05) is 0 Å². The molecule has 0 saturated carbocycles.